The molecule has 3 rings (SSSR count). The highest BCUT2D eigenvalue weighted by Gasteiger charge is 2.31. The van der Waals surface area contributed by atoms with E-state index in [2.05, 4.69) is 25.8 Å². The van der Waals surface area contributed by atoms with Crippen molar-refractivity contribution >= 4 is 40.9 Å². The number of H-pyrrole nitrogens is 1. The molecule has 8 nitrogen and oxygen atoms in total. The average Bonchev–Trinajstić information content (AvgIpc) is 3.25. The molecule has 0 bridgehead atoms. The van der Waals surface area contributed by atoms with E-state index >= 15 is 0 Å². The van der Waals surface area contributed by atoms with Gasteiger partial charge in [0, 0.05) is 5.56 Å². The van der Waals surface area contributed by atoms with Crippen molar-refractivity contribution in [1.29, 1.82) is 0 Å². The third kappa shape index (κ3) is 6.86. The Hall–Kier alpha value is -3.25. The molecular formula is C20H17ClF3N5O3S. The van der Waals surface area contributed by atoms with Crippen molar-refractivity contribution in [1.82, 2.24) is 20.5 Å². The number of hydrogen-bond acceptors (Lipinski definition) is 6. The smallest absolute Gasteiger partial charge is 0.416 e. The first kappa shape index (κ1) is 24.4. The van der Waals surface area contributed by atoms with Crippen molar-refractivity contribution in [3.05, 3.63) is 64.4 Å². The Bertz CT molecular complexity index is 1140. The highest BCUT2D eigenvalue weighted by atomic mass is 35.5. The zero-order chi connectivity index (χ0) is 24.0. The van der Waals surface area contributed by atoms with Gasteiger partial charge in [-0.2, -0.15) is 13.2 Å². The van der Waals surface area contributed by atoms with Crippen molar-refractivity contribution in [2.24, 2.45) is 0 Å². The molecule has 0 unspecified atom stereocenters. The first-order valence-electron chi connectivity index (χ1n) is 9.28. The van der Waals surface area contributed by atoms with Crippen LogP contribution in [0.25, 0.3) is 0 Å². The number of thioether (sulfide) groups is 1. The Kier molecular flexibility index (Phi) is 7.82. The summed E-state index contributed by atoms with van der Waals surface area (Å²) in [5.74, 6) is -0.0771. The first-order valence-corrected chi connectivity index (χ1v) is 10.6. The van der Waals surface area contributed by atoms with Gasteiger partial charge in [-0.05, 0) is 42.5 Å². The van der Waals surface area contributed by atoms with Crippen molar-refractivity contribution in [3.8, 4) is 5.75 Å². The van der Waals surface area contributed by atoms with Crippen LogP contribution in [-0.4, -0.2) is 39.9 Å². The maximum absolute atomic E-state index is 12.8. The number of methoxy groups -OCH3 is 1. The van der Waals surface area contributed by atoms with Crippen LogP contribution in [0.2, 0.25) is 5.02 Å². The van der Waals surface area contributed by atoms with Crippen LogP contribution < -0.4 is 15.4 Å². The van der Waals surface area contributed by atoms with Gasteiger partial charge in [-0.3, -0.25) is 14.7 Å². The normalized spacial score (nSPS) is 11.2. The zero-order valence-corrected chi connectivity index (χ0v) is 18.6. The minimum absolute atomic E-state index is 0.0193. The molecule has 0 aliphatic rings. The van der Waals surface area contributed by atoms with Crippen LogP contribution in [0.5, 0.6) is 5.75 Å². The molecule has 0 radical (unpaired) electrons. The summed E-state index contributed by atoms with van der Waals surface area (Å²) in [6, 6.07) is 9.22. The lowest BCUT2D eigenvalue weighted by Crippen LogP contribution is -2.23. The van der Waals surface area contributed by atoms with E-state index < -0.39 is 17.6 Å². The van der Waals surface area contributed by atoms with Crippen molar-refractivity contribution in [2.75, 3.05) is 18.2 Å². The van der Waals surface area contributed by atoms with Crippen LogP contribution in [0.4, 0.5) is 18.9 Å². The van der Waals surface area contributed by atoms with Crippen LogP contribution in [0.1, 0.15) is 21.7 Å². The van der Waals surface area contributed by atoms with E-state index in [0.717, 1.165) is 30.0 Å². The number of nitrogens with zero attached hydrogens (tertiary/aromatic N) is 2. The Morgan fingerprint density at radius 2 is 1.91 bits per heavy atom. The number of ether oxygens (including phenoxy) is 1. The molecule has 0 saturated carbocycles. The number of hydrogen-bond donors (Lipinski definition) is 3. The molecule has 2 amide bonds. The fourth-order valence-electron chi connectivity index (χ4n) is 2.54. The van der Waals surface area contributed by atoms with Gasteiger partial charge in [-0.1, -0.05) is 23.4 Å². The SMILES string of the molecule is COc1ccc(C(=O)NCc2nc(SCC(=O)Nc3cc(C(F)(F)F)ccc3Cl)n[nH]2)cc1. The molecule has 1 heterocycles. The molecule has 0 fully saturated rings. The molecule has 0 aliphatic heterocycles. The summed E-state index contributed by atoms with van der Waals surface area (Å²) in [7, 11) is 1.53. The predicted molar refractivity (Wildman–Crippen MR) is 116 cm³/mol. The monoisotopic (exact) mass is 499 g/mol. The van der Waals surface area contributed by atoms with Gasteiger partial charge in [0.05, 0.1) is 35.7 Å². The molecule has 2 aromatic carbocycles. The lowest BCUT2D eigenvalue weighted by Gasteiger charge is -2.11. The minimum Gasteiger partial charge on any atom is -0.497 e. The number of halogens is 4. The standard InChI is InChI=1S/C20H17ClF3N5O3S/c1-32-13-5-2-11(3-6-13)18(31)25-9-16-27-19(29-28-16)33-10-17(30)26-15-8-12(20(22,23)24)4-7-14(15)21/h2-8H,9-10H2,1H3,(H,25,31)(H,26,30)(H,27,28,29). The van der Waals surface area contributed by atoms with E-state index in [-0.39, 0.29) is 34.1 Å². The molecule has 0 atom stereocenters. The number of carbonyl (C=O) groups is 2. The van der Waals surface area contributed by atoms with Crippen molar-refractivity contribution < 1.29 is 27.5 Å². The van der Waals surface area contributed by atoms with Gasteiger partial charge in [0.25, 0.3) is 5.91 Å². The number of anilines is 1. The van der Waals surface area contributed by atoms with E-state index in [9.17, 15) is 22.8 Å². The van der Waals surface area contributed by atoms with E-state index in [4.69, 9.17) is 16.3 Å². The van der Waals surface area contributed by atoms with Gasteiger partial charge >= 0.3 is 6.18 Å². The highest BCUT2D eigenvalue weighted by Crippen LogP contribution is 2.33. The number of alkyl halides is 3. The maximum Gasteiger partial charge on any atom is 0.416 e. The first-order chi connectivity index (χ1) is 15.7. The van der Waals surface area contributed by atoms with E-state index in [1.807, 2.05) is 0 Å². The minimum atomic E-state index is -4.56. The number of benzene rings is 2. The molecule has 0 saturated heterocycles. The second kappa shape index (κ2) is 10.6. The molecule has 33 heavy (non-hydrogen) atoms. The van der Waals surface area contributed by atoms with Gasteiger partial charge < -0.3 is 15.4 Å². The summed E-state index contributed by atoms with van der Waals surface area (Å²) >= 11 is 6.83. The summed E-state index contributed by atoms with van der Waals surface area (Å²) in [4.78, 5) is 28.4. The fourth-order valence-corrected chi connectivity index (χ4v) is 3.33. The zero-order valence-electron chi connectivity index (χ0n) is 17.0. The molecule has 0 aliphatic carbocycles. The lowest BCUT2D eigenvalue weighted by atomic mass is 10.2. The van der Waals surface area contributed by atoms with E-state index in [0.29, 0.717) is 17.1 Å². The van der Waals surface area contributed by atoms with Crippen LogP contribution >= 0.6 is 23.4 Å². The van der Waals surface area contributed by atoms with E-state index in [1.54, 1.807) is 24.3 Å². The molecule has 3 aromatic rings. The summed E-state index contributed by atoms with van der Waals surface area (Å²) in [5, 5.41) is 11.8. The van der Waals surface area contributed by atoms with Gasteiger partial charge in [0.2, 0.25) is 11.1 Å². The third-order valence-electron chi connectivity index (χ3n) is 4.18. The van der Waals surface area contributed by atoms with Crippen LogP contribution in [0.15, 0.2) is 47.6 Å². The second-order valence-electron chi connectivity index (χ2n) is 6.51. The molecule has 3 N–H and O–H groups in total. The lowest BCUT2D eigenvalue weighted by molar-refractivity contribution is -0.137. The summed E-state index contributed by atoms with van der Waals surface area (Å²) < 4.78 is 43.6. The maximum atomic E-state index is 12.8. The van der Waals surface area contributed by atoms with E-state index in [1.165, 1.54) is 7.11 Å². The number of nitrogens with one attached hydrogen (secondary N) is 3. The molecule has 174 valence electrons. The molecule has 0 spiro atoms. The van der Waals surface area contributed by atoms with Crippen molar-refractivity contribution in [2.45, 2.75) is 17.9 Å². The largest absolute Gasteiger partial charge is 0.497 e. The molecule has 13 heteroatoms. The van der Waals surface area contributed by atoms with Crippen molar-refractivity contribution in [3.63, 3.8) is 0 Å². The topological polar surface area (TPSA) is 109 Å². The number of carbonyl (C=O) groups excluding carboxylic acids is 2. The Morgan fingerprint density at radius 1 is 1.18 bits per heavy atom. The summed E-state index contributed by atoms with van der Waals surface area (Å²) in [6.07, 6.45) is -4.56. The summed E-state index contributed by atoms with van der Waals surface area (Å²) in [6.45, 7) is 0.0739. The number of rotatable bonds is 8. The Labute approximate surface area is 195 Å². The van der Waals surface area contributed by atoms with Crippen LogP contribution in [0.3, 0.4) is 0 Å². The Morgan fingerprint density at radius 3 is 2.58 bits per heavy atom. The van der Waals surface area contributed by atoms with Gasteiger partial charge in [-0.15, -0.1) is 5.10 Å². The molecule has 1 aromatic heterocycles. The van der Waals surface area contributed by atoms with Crippen LogP contribution in [-0.2, 0) is 17.5 Å². The van der Waals surface area contributed by atoms with Gasteiger partial charge in [0.1, 0.15) is 11.6 Å². The predicted octanol–water partition coefficient (Wildman–Crippen LogP) is 4.15. The fraction of sp³-hybridized carbons (Fsp3) is 0.200. The van der Waals surface area contributed by atoms with Gasteiger partial charge in [-0.25, -0.2) is 4.98 Å². The number of amides is 2. The average molecular weight is 500 g/mol. The Balaban J connectivity index is 1.49. The van der Waals surface area contributed by atoms with Gasteiger partial charge in [0.15, 0.2) is 0 Å². The quantitative estimate of drug-likeness (QED) is 0.402. The van der Waals surface area contributed by atoms with Crippen LogP contribution in [0, 0.1) is 0 Å². The number of aromatic nitrogens is 3. The second-order valence-corrected chi connectivity index (χ2v) is 7.85. The third-order valence-corrected chi connectivity index (χ3v) is 5.36. The highest BCUT2D eigenvalue weighted by molar-refractivity contribution is 7.99. The number of aromatic amines is 1. The molecular weight excluding hydrogens is 483 g/mol. The summed E-state index contributed by atoms with van der Waals surface area (Å²) in [5.41, 5.74) is -0.631.